The fourth-order valence-corrected chi connectivity index (χ4v) is 5.61. The molecule has 3 aromatic heterocycles. The zero-order valence-electron chi connectivity index (χ0n) is 17.2. The highest BCUT2D eigenvalue weighted by Gasteiger charge is 2.20. The van der Waals surface area contributed by atoms with Gasteiger partial charge in [-0.25, -0.2) is 14.8 Å². The number of nitrogens with zero attached hydrogens (tertiary/aromatic N) is 4. The lowest BCUT2D eigenvalue weighted by Crippen LogP contribution is -2.05. The van der Waals surface area contributed by atoms with Crippen LogP contribution >= 0.6 is 35.3 Å². The summed E-state index contributed by atoms with van der Waals surface area (Å²) in [5.74, 6) is -1.46. The Morgan fingerprint density at radius 2 is 1.88 bits per heavy atom. The van der Waals surface area contributed by atoms with E-state index in [9.17, 15) is 14.7 Å². The van der Waals surface area contributed by atoms with Gasteiger partial charge in [-0.15, -0.1) is 0 Å². The van der Waals surface area contributed by atoms with E-state index in [4.69, 9.17) is 26.9 Å². The maximum absolute atomic E-state index is 12.0. The van der Waals surface area contributed by atoms with Crippen molar-refractivity contribution in [1.29, 1.82) is 0 Å². The van der Waals surface area contributed by atoms with Gasteiger partial charge in [-0.05, 0) is 55.5 Å². The number of rotatable bonds is 6. The predicted molar refractivity (Wildman–Crippen MR) is 130 cm³/mol. The van der Waals surface area contributed by atoms with Crippen LogP contribution in [-0.4, -0.2) is 48.3 Å². The molecule has 0 aliphatic heterocycles. The van der Waals surface area contributed by atoms with Gasteiger partial charge in [-0.3, -0.25) is 13.8 Å². The Morgan fingerprint density at radius 1 is 1.12 bits per heavy atom. The molecule has 5 aromatic rings. The Kier molecular flexibility index (Phi) is 5.60. The summed E-state index contributed by atoms with van der Waals surface area (Å²) in [5, 5.41) is 9.75. The smallest absolute Gasteiger partial charge is 0.338 e. The van der Waals surface area contributed by atoms with Gasteiger partial charge in [0.1, 0.15) is 4.70 Å². The summed E-state index contributed by atoms with van der Waals surface area (Å²) in [6.45, 7) is 2.06. The number of aliphatic carboxylic acids is 1. The van der Waals surface area contributed by atoms with Crippen LogP contribution in [0.2, 0.25) is 0 Å². The van der Waals surface area contributed by atoms with Gasteiger partial charge in [0, 0.05) is 5.69 Å². The number of carboxylic acids is 1. The molecule has 0 saturated carbocycles. The molecule has 0 radical (unpaired) electrons. The third kappa shape index (κ3) is 3.77. The van der Waals surface area contributed by atoms with E-state index < -0.39 is 5.97 Å². The van der Waals surface area contributed by atoms with Crippen LogP contribution in [0.3, 0.4) is 0 Å². The molecule has 166 valence electrons. The number of hydrogen-bond acceptors (Lipinski definition) is 8. The molecule has 0 fully saturated rings. The van der Waals surface area contributed by atoms with Crippen molar-refractivity contribution in [3.8, 4) is 5.69 Å². The molecule has 0 bridgehead atoms. The Balaban J connectivity index is 1.74. The number of aromatic nitrogens is 4. The minimum absolute atomic E-state index is 0.140. The summed E-state index contributed by atoms with van der Waals surface area (Å²) in [6, 6.07) is 14.6. The van der Waals surface area contributed by atoms with Gasteiger partial charge in [-0.1, -0.05) is 35.2 Å². The molecule has 2 aromatic carbocycles. The van der Waals surface area contributed by atoms with Crippen LogP contribution in [0.4, 0.5) is 0 Å². The molecule has 0 spiro atoms. The molecule has 0 amide bonds. The van der Waals surface area contributed by atoms with Crippen molar-refractivity contribution in [2.75, 3.05) is 12.4 Å². The van der Waals surface area contributed by atoms with Crippen molar-refractivity contribution in [1.82, 2.24) is 18.9 Å². The number of imidazole rings is 1. The normalized spacial score (nSPS) is 11.4. The Bertz CT molecular complexity index is 1600. The van der Waals surface area contributed by atoms with Crippen LogP contribution in [0.15, 0.2) is 53.7 Å². The second kappa shape index (κ2) is 8.58. The highest BCUT2D eigenvalue weighted by molar-refractivity contribution is 7.99. The summed E-state index contributed by atoms with van der Waals surface area (Å²) < 4.78 is 10.1. The van der Waals surface area contributed by atoms with Crippen molar-refractivity contribution in [2.45, 2.75) is 12.1 Å². The quantitative estimate of drug-likeness (QED) is 0.152. The topological polar surface area (TPSA) is 98.7 Å². The second-order valence-electron chi connectivity index (χ2n) is 6.96. The molecule has 0 aliphatic carbocycles. The molecule has 11 heteroatoms. The van der Waals surface area contributed by atoms with Gasteiger partial charge in [-0.2, -0.15) is 0 Å². The molecule has 3 heterocycles. The van der Waals surface area contributed by atoms with Gasteiger partial charge in [0.2, 0.25) is 0 Å². The zero-order chi connectivity index (χ0) is 23.1. The van der Waals surface area contributed by atoms with E-state index >= 15 is 0 Å². The standard InChI is InChI=1S/C22H16N4O4S3/c1-2-30-20(29)12-7-9-13(10-8-12)25-19-17(33-22(25)31)18-23-14-5-3-4-6-15(14)26(18)21(24-19)32-11-16(27)28/h3-10H,2,11H2,1H3,(H,27,28). The summed E-state index contributed by atoms with van der Waals surface area (Å²) in [5.41, 5.74) is 4.07. The maximum atomic E-state index is 12.0. The van der Waals surface area contributed by atoms with E-state index in [1.807, 2.05) is 33.2 Å². The molecule has 0 saturated heterocycles. The van der Waals surface area contributed by atoms with Gasteiger partial charge in [0.05, 0.1) is 29.0 Å². The average molecular weight is 497 g/mol. The van der Waals surface area contributed by atoms with Crippen LogP contribution in [0, 0.1) is 3.95 Å². The number of carboxylic acid groups (broad SMARTS) is 1. The summed E-state index contributed by atoms with van der Waals surface area (Å²) in [4.78, 5) is 32.9. The van der Waals surface area contributed by atoms with E-state index in [0.717, 1.165) is 33.2 Å². The summed E-state index contributed by atoms with van der Waals surface area (Å²) in [6.07, 6.45) is 0. The number of fused-ring (bicyclic) bond motifs is 5. The third-order valence-electron chi connectivity index (χ3n) is 4.90. The van der Waals surface area contributed by atoms with Crippen molar-refractivity contribution in [2.24, 2.45) is 0 Å². The Labute approximate surface area is 200 Å². The minimum atomic E-state index is -0.934. The fraction of sp³-hybridized carbons (Fsp3) is 0.136. The molecule has 0 aliphatic rings. The largest absolute Gasteiger partial charge is 0.481 e. The van der Waals surface area contributed by atoms with Crippen LogP contribution < -0.4 is 0 Å². The van der Waals surface area contributed by atoms with Crippen LogP contribution in [-0.2, 0) is 9.53 Å². The minimum Gasteiger partial charge on any atom is -0.481 e. The molecular formula is C22H16N4O4S3. The molecule has 33 heavy (non-hydrogen) atoms. The third-order valence-corrected chi connectivity index (χ3v) is 7.19. The lowest BCUT2D eigenvalue weighted by Gasteiger charge is -2.09. The first-order valence-corrected chi connectivity index (χ1v) is 12.1. The van der Waals surface area contributed by atoms with Gasteiger partial charge in [0.15, 0.2) is 20.4 Å². The first kappa shape index (κ1) is 21.6. The fourth-order valence-electron chi connectivity index (χ4n) is 3.54. The lowest BCUT2D eigenvalue weighted by atomic mass is 10.2. The molecule has 1 N–H and O–H groups in total. The maximum Gasteiger partial charge on any atom is 0.338 e. The van der Waals surface area contributed by atoms with Crippen molar-refractivity contribution < 1.29 is 19.4 Å². The number of hydrogen-bond donors (Lipinski definition) is 1. The summed E-state index contributed by atoms with van der Waals surface area (Å²) >= 11 is 8.18. The molecular weight excluding hydrogens is 480 g/mol. The number of carbonyl (C=O) groups excluding carboxylic acids is 1. The molecule has 8 nitrogen and oxygen atoms in total. The van der Waals surface area contributed by atoms with Gasteiger partial charge < -0.3 is 9.84 Å². The Morgan fingerprint density at radius 3 is 2.61 bits per heavy atom. The monoisotopic (exact) mass is 496 g/mol. The second-order valence-corrected chi connectivity index (χ2v) is 9.55. The Hall–Kier alpha value is -3.28. The van der Waals surface area contributed by atoms with E-state index in [2.05, 4.69) is 0 Å². The lowest BCUT2D eigenvalue weighted by molar-refractivity contribution is -0.133. The van der Waals surface area contributed by atoms with Crippen LogP contribution in [0.25, 0.3) is 32.7 Å². The first-order chi connectivity index (χ1) is 16.0. The van der Waals surface area contributed by atoms with Gasteiger partial charge >= 0.3 is 11.9 Å². The number of carbonyl (C=O) groups is 2. The van der Waals surface area contributed by atoms with Crippen molar-refractivity contribution in [3.63, 3.8) is 0 Å². The van der Waals surface area contributed by atoms with E-state index in [1.165, 1.54) is 11.3 Å². The molecule has 0 atom stereocenters. The number of para-hydroxylation sites is 2. The number of thioether (sulfide) groups is 1. The molecule has 5 rings (SSSR count). The summed E-state index contributed by atoms with van der Waals surface area (Å²) in [7, 11) is 0. The van der Waals surface area contributed by atoms with Crippen LogP contribution in [0.1, 0.15) is 17.3 Å². The predicted octanol–water partition coefficient (Wildman–Crippen LogP) is 4.97. The SMILES string of the molecule is CCOC(=O)c1ccc(-n2c(=S)sc3c2nc(SCC(=O)O)n2c4ccccc4nc32)cc1. The number of benzene rings is 2. The molecule has 0 unspecified atom stereocenters. The van der Waals surface area contributed by atoms with Crippen molar-refractivity contribution >= 4 is 74.3 Å². The van der Waals surface area contributed by atoms with E-state index in [0.29, 0.717) is 32.6 Å². The highest BCUT2D eigenvalue weighted by atomic mass is 32.2. The number of esters is 1. The number of thiazole rings is 1. The van der Waals surface area contributed by atoms with E-state index in [-0.39, 0.29) is 11.7 Å². The highest BCUT2D eigenvalue weighted by Crippen LogP contribution is 2.34. The van der Waals surface area contributed by atoms with Crippen LogP contribution in [0.5, 0.6) is 0 Å². The van der Waals surface area contributed by atoms with E-state index in [1.54, 1.807) is 31.2 Å². The van der Waals surface area contributed by atoms with Crippen molar-refractivity contribution in [3.05, 3.63) is 58.0 Å². The average Bonchev–Trinajstić information content (AvgIpc) is 3.35. The number of ether oxygens (including phenoxy) is 1. The van der Waals surface area contributed by atoms with Gasteiger partial charge in [0.25, 0.3) is 0 Å². The first-order valence-electron chi connectivity index (χ1n) is 9.93. The zero-order valence-corrected chi connectivity index (χ0v) is 19.7.